The third-order valence-corrected chi connectivity index (χ3v) is 4.14. The lowest BCUT2D eigenvalue weighted by molar-refractivity contribution is -0.384. The van der Waals surface area contributed by atoms with Gasteiger partial charge in [0.2, 0.25) is 10.5 Å². The van der Waals surface area contributed by atoms with Crippen LogP contribution in [0.25, 0.3) is 0 Å². The SMILES string of the molecule is CCCCOC(CCCCCCO[Si])(OCCCC)OCCCC. The Kier molecular flexibility index (Phi) is 17.9. The molecule has 0 unspecified atom stereocenters. The van der Waals surface area contributed by atoms with Crippen LogP contribution in [-0.4, -0.2) is 42.9 Å². The van der Waals surface area contributed by atoms with Crippen molar-refractivity contribution in [3.63, 3.8) is 0 Å². The molecule has 0 aliphatic carbocycles. The van der Waals surface area contributed by atoms with Gasteiger partial charge in [-0.3, -0.25) is 0 Å². The first kappa shape index (κ1) is 24.1. The molecule has 0 saturated carbocycles. The Balaban J connectivity index is 4.48. The van der Waals surface area contributed by atoms with E-state index >= 15 is 0 Å². The van der Waals surface area contributed by atoms with E-state index in [0.717, 1.165) is 77.2 Å². The summed E-state index contributed by atoms with van der Waals surface area (Å²) in [5.41, 5.74) is 0. The molecule has 0 aliphatic rings. The lowest BCUT2D eigenvalue weighted by Crippen LogP contribution is -2.40. The standard InChI is InChI=1S/C19H39O4Si/c1-4-7-15-20-19(21-16-8-5-2,22-17-9-6-3)14-12-10-11-13-18-23-24/h4-18H2,1-3H3. The fourth-order valence-electron chi connectivity index (χ4n) is 2.33. The van der Waals surface area contributed by atoms with Gasteiger partial charge in [0.25, 0.3) is 5.97 Å². The van der Waals surface area contributed by atoms with E-state index in [9.17, 15) is 0 Å². The minimum atomic E-state index is -0.842. The lowest BCUT2D eigenvalue weighted by atomic mass is 10.1. The highest BCUT2D eigenvalue weighted by atomic mass is 28.2. The van der Waals surface area contributed by atoms with Crippen LogP contribution in [0.1, 0.15) is 91.4 Å². The van der Waals surface area contributed by atoms with Crippen molar-refractivity contribution in [2.45, 2.75) is 97.4 Å². The van der Waals surface area contributed by atoms with Crippen molar-refractivity contribution in [2.75, 3.05) is 26.4 Å². The van der Waals surface area contributed by atoms with Crippen molar-refractivity contribution in [1.82, 2.24) is 0 Å². The van der Waals surface area contributed by atoms with Gasteiger partial charge in [0.05, 0.1) is 19.8 Å². The molecule has 0 heterocycles. The Morgan fingerprint density at radius 2 is 1.04 bits per heavy atom. The monoisotopic (exact) mass is 359 g/mol. The number of hydrogen-bond donors (Lipinski definition) is 0. The Morgan fingerprint density at radius 1 is 0.583 bits per heavy atom. The summed E-state index contributed by atoms with van der Waals surface area (Å²) in [7, 11) is 3.04. The maximum Gasteiger partial charge on any atom is 0.282 e. The Morgan fingerprint density at radius 3 is 1.46 bits per heavy atom. The summed E-state index contributed by atoms with van der Waals surface area (Å²) < 4.78 is 23.3. The van der Waals surface area contributed by atoms with Crippen molar-refractivity contribution in [3.8, 4) is 0 Å². The second-order valence-corrected chi connectivity index (χ2v) is 6.59. The van der Waals surface area contributed by atoms with E-state index in [4.69, 9.17) is 18.6 Å². The van der Waals surface area contributed by atoms with Crippen molar-refractivity contribution < 1.29 is 18.6 Å². The van der Waals surface area contributed by atoms with Gasteiger partial charge in [0.1, 0.15) is 0 Å². The predicted octanol–water partition coefficient (Wildman–Crippen LogP) is 5.14. The molecule has 0 spiro atoms. The average Bonchev–Trinajstić information content (AvgIpc) is 2.58. The molecule has 0 rings (SSSR count). The highest BCUT2D eigenvalue weighted by molar-refractivity contribution is 5.97. The first-order valence-corrected chi connectivity index (χ1v) is 10.4. The molecule has 0 aromatic carbocycles. The molecule has 0 aromatic rings. The van der Waals surface area contributed by atoms with Gasteiger partial charge in [-0.15, -0.1) is 0 Å². The highest BCUT2D eigenvalue weighted by Crippen LogP contribution is 2.25. The normalized spacial score (nSPS) is 12.0. The van der Waals surface area contributed by atoms with Crippen LogP contribution in [0.4, 0.5) is 0 Å². The van der Waals surface area contributed by atoms with Crippen LogP contribution < -0.4 is 0 Å². The van der Waals surface area contributed by atoms with E-state index in [1.54, 1.807) is 0 Å². The van der Waals surface area contributed by atoms with Crippen LogP contribution in [0.15, 0.2) is 0 Å². The quantitative estimate of drug-likeness (QED) is 0.182. The maximum absolute atomic E-state index is 6.11. The molecule has 3 radical (unpaired) electrons. The number of unbranched alkanes of at least 4 members (excludes halogenated alkanes) is 6. The predicted molar refractivity (Wildman–Crippen MR) is 100 cm³/mol. The molecule has 0 fully saturated rings. The van der Waals surface area contributed by atoms with E-state index < -0.39 is 5.97 Å². The molecule has 143 valence electrons. The molecule has 0 bridgehead atoms. The van der Waals surface area contributed by atoms with Crippen molar-refractivity contribution >= 4 is 10.5 Å². The second-order valence-electron chi connectivity index (χ2n) is 6.30. The van der Waals surface area contributed by atoms with Crippen LogP contribution in [-0.2, 0) is 18.6 Å². The molecule has 0 saturated heterocycles. The first-order chi connectivity index (χ1) is 11.7. The lowest BCUT2D eigenvalue weighted by Gasteiger charge is -2.33. The van der Waals surface area contributed by atoms with Crippen molar-refractivity contribution in [1.29, 1.82) is 0 Å². The van der Waals surface area contributed by atoms with Gasteiger partial charge in [-0.25, -0.2) is 0 Å². The van der Waals surface area contributed by atoms with Crippen LogP contribution in [0.2, 0.25) is 0 Å². The number of hydrogen-bond acceptors (Lipinski definition) is 4. The molecule has 24 heavy (non-hydrogen) atoms. The Hall–Kier alpha value is 0.0569. The molecular formula is C19H39O4Si. The van der Waals surface area contributed by atoms with Crippen LogP contribution >= 0.6 is 0 Å². The minimum Gasteiger partial charge on any atom is -0.419 e. The summed E-state index contributed by atoms with van der Waals surface area (Å²) in [6.07, 6.45) is 11.7. The molecule has 4 nitrogen and oxygen atoms in total. The second kappa shape index (κ2) is 17.9. The molecule has 0 aromatic heterocycles. The third kappa shape index (κ3) is 13.4. The molecule has 0 atom stereocenters. The number of rotatable bonds is 19. The Labute approximate surface area is 153 Å². The maximum atomic E-state index is 6.11. The topological polar surface area (TPSA) is 36.9 Å². The van der Waals surface area contributed by atoms with E-state index in [1.807, 2.05) is 0 Å². The third-order valence-electron chi connectivity index (χ3n) is 3.94. The summed E-state index contributed by atoms with van der Waals surface area (Å²) in [6.45, 7) is 9.38. The smallest absolute Gasteiger partial charge is 0.282 e. The van der Waals surface area contributed by atoms with Gasteiger partial charge in [0.15, 0.2) is 0 Å². The summed E-state index contributed by atoms with van der Waals surface area (Å²) in [5, 5.41) is 0. The zero-order valence-electron chi connectivity index (χ0n) is 16.2. The molecule has 0 aliphatic heterocycles. The summed E-state index contributed by atoms with van der Waals surface area (Å²) in [4.78, 5) is 0. The number of ether oxygens (including phenoxy) is 3. The first-order valence-electron chi connectivity index (χ1n) is 9.95. The highest BCUT2D eigenvalue weighted by Gasteiger charge is 2.32. The van der Waals surface area contributed by atoms with E-state index in [-0.39, 0.29) is 0 Å². The fraction of sp³-hybridized carbons (Fsp3) is 1.00. The zero-order chi connectivity index (χ0) is 17.9. The molecule has 5 heteroatoms. The summed E-state index contributed by atoms with van der Waals surface area (Å²) in [6, 6.07) is 0. The van der Waals surface area contributed by atoms with Gasteiger partial charge >= 0.3 is 0 Å². The summed E-state index contributed by atoms with van der Waals surface area (Å²) >= 11 is 0. The van der Waals surface area contributed by atoms with E-state index in [0.29, 0.717) is 19.8 Å². The minimum absolute atomic E-state index is 0.700. The van der Waals surface area contributed by atoms with Crippen molar-refractivity contribution in [2.24, 2.45) is 0 Å². The van der Waals surface area contributed by atoms with Gasteiger partial charge in [-0.05, 0) is 32.1 Å². The van der Waals surface area contributed by atoms with Crippen molar-refractivity contribution in [3.05, 3.63) is 0 Å². The zero-order valence-corrected chi connectivity index (χ0v) is 17.2. The van der Waals surface area contributed by atoms with Crippen LogP contribution in [0.5, 0.6) is 0 Å². The molecular weight excluding hydrogens is 320 g/mol. The average molecular weight is 360 g/mol. The van der Waals surface area contributed by atoms with Gasteiger partial charge in [-0.1, -0.05) is 52.9 Å². The fourth-order valence-corrected chi connectivity index (χ4v) is 2.47. The molecule has 0 amide bonds. The largest absolute Gasteiger partial charge is 0.419 e. The Bertz CT molecular complexity index is 225. The van der Waals surface area contributed by atoms with Crippen LogP contribution in [0.3, 0.4) is 0 Å². The van der Waals surface area contributed by atoms with Gasteiger partial charge < -0.3 is 18.6 Å². The summed E-state index contributed by atoms with van der Waals surface area (Å²) in [5.74, 6) is -0.842. The van der Waals surface area contributed by atoms with Gasteiger partial charge in [0, 0.05) is 13.0 Å². The van der Waals surface area contributed by atoms with E-state index in [1.165, 1.54) is 0 Å². The van der Waals surface area contributed by atoms with E-state index in [2.05, 4.69) is 31.3 Å². The van der Waals surface area contributed by atoms with Crippen LogP contribution in [0, 0.1) is 0 Å². The molecule has 0 N–H and O–H groups in total. The van der Waals surface area contributed by atoms with Gasteiger partial charge in [-0.2, -0.15) is 0 Å².